The second-order valence-corrected chi connectivity index (χ2v) is 0. The van der Waals surface area contributed by atoms with E-state index in [1.807, 2.05) is 0 Å². The van der Waals surface area contributed by atoms with Crippen molar-refractivity contribution in [2.75, 3.05) is 0 Å². The van der Waals surface area contributed by atoms with Crippen molar-refractivity contribution in [3.8, 4) is 0 Å². The molecule has 4 heteroatoms. The van der Waals surface area contributed by atoms with Crippen LogP contribution in [0.4, 0.5) is 0 Å². The smallest absolute Gasteiger partial charge is 1.00 e. The van der Waals surface area contributed by atoms with E-state index in [0.29, 0.717) is 0 Å². The van der Waals surface area contributed by atoms with Crippen LogP contribution >= 0.6 is 0 Å². The summed E-state index contributed by atoms with van der Waals surface area (Å²) in [4.78, 5) is 0. The molecule has 0 rings (SSSR count). The van der Waals surface area contributed by atoms with Crippen LogP contribution in [0, 0.1) is 0 Å². The zero-order valence-electron chi connectivity index (χ0n) is 10.1. The van der Waals surface area contributed by atoms with E-state index in [-0.39, 0.29) is 160 Å². The van der Waals surface area contributed by atoms with E-state index in [4.69, 9.17) is 0 Å². The average Bonchev–Trinajstić information content (AvgIpc) is 0. The molecule has 14 valence electrons. The number of rotatable bonds is 0. The SMILES string of the molecule is [Ca+2].[Ca+2].[H-].[H-].[H-].[H-].[H-].[H-].[H-].[K+].[Mg+2]. The summed E-state index contributed by atoms with van der Waals surface area (Å²) < 4.78 is 0. The first-order valence-electron chi connectivity index (χ1n) is 0. The fraction of sp³-hybridized carbons (Fsp3) is 0. The Hall–Kier alpha value is 4.92. The molecule has 0 saturated carbocycles. The molecule has 0 aliphatic heterocycles. The van der Waals surface area contributed by atoms with Gasteiger partial charge in [0, 0.05) is 0 Å². The summed E-state index contributed by atoms with van der Waals surface area (Å²) in [6, 6.07) is 0. The van der Waals surface area contributed by atoms with Crippen molar-refractivity contribution < 1.29 is 61.4 Å². The van der Waals surface area contributed by atoms with Crippen LogP contribution in [0.1, 0.15) is 9.99 Å². The van der Waals surface area contributed by atoms with Gasteiger partial charge in [0.2, 0.25) is 0 Å². The molecule has 0 unspecified atom stereocenters. The molecule has 4 heavy (non-hydrogen) atoms. The van der Waals surface area contributed by atoms with Crippen LogP contribution in [0.2, 0.25) is 0 Å². The molecule has 0 atom stereocenters. The second kappa shape index (κ2) is 15.7. The van der Waals surface area contributed by atoms with Gasteiger partial charge in [0.1, 0.15) is 0 Å². The largest absolute Gasteiger partial charge is 2.00 e. The minimum absolute atomic E-state index is 0. The van der Waals surface area contributed by atoms with Crippen molar-refractivity contribution in [2.45, 2.75) is 0 Å². The molecule has 0 heterocycles. The van der Waals surface area contributed by atoms with Crippen LogP contribution in [-0.2, 0) is 0 Å². The summed E-state index contributed by atoms with van der Waals surface area (Å²) in [6.45, 7) is 0. The Kier molecular flexibility index (Phi) is 90.5. The molecular formula is H7Ca2KMg. The molecule has 0 aliphatic carbocycles. The second-order valence-electron chi connectivity index (χ2n) is 0. The zero-order chi connectivity index (χ0) is 0. The maximum Gasteiger partial charge on any atom is 2.00 e. The van der Waals surface area contributed by atoms with Crippen LogP contribution in [0.25, 0.3) is 0 Å². The molecule has 0 aromatic rings. The van der Waals surface area contributed by atoms with Gasteiger partial charge >= 0.3 is 150 Å². The summed E-state index contributed by atoms with van der Waals surface area (Å²) >= 11 is 0. The Balaban J connectivity index is 0. The van der Waals surface area contributed by atoms with Gasteiger partial charge in [-0.05, 0) is 0 Å². The Morgan fingerprint density at radius 1 is 1.00 bits per heavy atom. The van der Waals surface area contributed by atoms with Crippen molar-refractivity contribution in [1.82, 2.24) is 0 Å². The van der Waals surface area contributed by atoms with Crippen LogP contribution < -0.4 is 51.4 Å². The minimum atomic E-state index is 0. The topological polar surface area (TPSA) is 0 Å². The third-order valence-electron chi connectivity index (χ3n) is 0. The molecule has 0 aromatic carbocycles. The average molecular weight is 151 g/mol. The first-order chi connectivity index (χ1) is 0. The first kappa shape index (κ1) is 23.1. The van der Waals surface area contributed by atoms with Crippen LogP contribution in [-0.4, -0.2) is 98.5 Å². The van der Waals surface area contributed by atoms with Crippen molar-refractivity contribution in [2.24, 2.45) is 0 Å². The van der Waals surface area contributed by atoms with E-state index in [2.05, 4.69) is 0 Å². The summed E-state index contributed by atoms with van der Waals surface area (Å²) in [5.41, 5.74) is 0. The fourth-order valence-corrected chi connectivity index (χ4v) is 0. The maximum absolute atomic E-state index is 0. The Morgan fingerprint density at radius 3 is 1.00 bits per heavy atom. The van der Waals surface area contributed by atoms with Crippen molar-refractivity contribution in [3.05, 3.63) is 0 Å². The predicted molar refractivity (Wildman–Crippen MR) is 25.0 cm³/mol. The van der Waals surface area contributed by atoms with Gasteiger partial charge in [0.25, 0.3) is 0 Å². The molecular weight excluding hydrogens is 144 g/mol. The molecule has 0 nitrogen and oxygen atoms in total. The van der Waals surface area contributed by atoms with E-state index in [1.165, 1.54) is 0 Å². The van der Waals surface area contributed by atoms with Gasteiger partial charge in [0.15, 0.2) is 0 Å². The van der Waals surface area contributed by atoms with Crippen LogP contribution in [0.3, 0.4) is 0 Å². The summed E-state index contributed by atoms with van der Waals surface area (Å²) in [5, 5.41) is 0. The van der Waals surface area contributed by atoms with Crippen LogP contribution in [0.5, 0.6) is 0 Å². The van der Waals surface area contributed by atoms with E-state index >= 15 is 0 Å². The first-order valence-corrected chi connectivity index (χ1v) is 0. The van der Waals surface area contributed by atoms with Crippen molar-refractivity contribution in [3.63, 3.8) is 0 Å². The van der Waals surface area contributed by atoms with E-state index in [1.54, 1.807) is 0 Å². The van der Waals surface area contributed by atoms with E-state index in [9.17, 15) is 0 Å². The molecule has 0 bridgehead atoms. The number of hydrogen-bond acceptors (Lipinski definition) is 0. The van der Waals surface area contributed by atoms with Gasteiger partial charge in [-0.15, -0.1) is 0 Å². The quantitative estimate of drug-likeness (QED) is 0.317. The third-order valence-corrected chi connectivity index (χ3v) is 0. The molecule has 0 N–H and O–H groups in total. The molecule has 0 aliphatic rings. The Morgan fingerprint density at radius 2 is 1.00 bits per heavy atom. The standard InChI is InChI=1S/2Ca.K.Mg.7H/q2*+2;+1;+2;7*-1. The summed E-state index contributed by atoms with van der Waals surface area (Å²) in [5.74, 6) is 0. The molecule has 0 aromatic heterocycles. The number of hydrogen-bond donors (Lipinski definition) is 0. The maximum atomic E-state index is 0. The predicted octanol–water partition coefficient (Wildman–Crippen LogP) is -3.35. The zero-order valence-corrected chi connectivity index (χ0v) is 12.1. The fourth-order valence-electron chi connectivity index (χ4n) is 0. The molecule has 0 radical (unpaired) electrons. The van der Waals surface area contributed by atoms with Gasteiger partial charge < -0.3 is 9.99 Å². The van der Waals surface area contributed by atoms with Gasteiger partial charge in [-0.1, -0.05) is 0 Å². The third kappa shape index (κ3) is 10.0. The minimum Gasteiger partial charge on any atom is -1.00 e. The van der Waals surface area contributed by atoms with E-state index in [0.717, 1.165) is 0 Å². The molecule has 0 amide bonds. The van der Waals surface area contributed by atoms with Crippen molar-refractivity contribution >= 4 is 98.5 Å². The summed E-state index contributed by atoms with van der Waals surface area (Å²) in [7, 11) is 0. The monoisotopic (exact) mass is 150 g/mol. The molecule has 0 saturated heterocycles. The van der Waals surface area contributed by atoms with Gasteiger partial charge in [0.05, 0.1) is 0 Å². The van der Waals surface area contributed by atoms with Crippen LogP contribution in [0.15, 0.2) is 0 Å². The van der Waals surface area contributed by atoms with Crippen molar-refractivity contribution in [1.29, 1.82) is 0 Å². The summed E-state index contributed by atoms with van der Waals surface area (Å²) in [6.07, 6.45) is 0. The molecule has 0 fully saturated rings. The normalized spacial score (nSPS) is 0. The molecule has 0 spiro atoms. The van der Waals surface area contributed by atoms with E-state index < -0.39 is 0 Å². The van der Waals surface area contributed by atoms with Gasteiger partial charge in [-0.25, -0.2) is 0 Å². The Labute approximate surface area is 155 Å². The Bertz CT molecular complexity index is 16.4. The van der Waals surface area contributed by atoms with Gasteiger partial charge in [-0.2, -0.15) is 0 Å². The van der Waals surface area contributed by atoms with Gasteiger partial charge in [-0.3, -0.25) is 0 Å².